The molecule has 1 aliphatic rings. The van der Waals surface area contributed by atoms with Gasteiger partial charge in [0.2, 0.25) is 5.91 Å². The fourth-order valence-corrected chi connectivity index (χ4v) is 3.94. The van der Waals surface area contributed by atoms with Crippen molar-refractivity contribution in [1.29, 1.82) is 0 Å². The minimum absolute atomic E-state index is 0.0274. The van der Waals surface area contributed by atoms with Gasteiger partial charge < -0.3 is 14.8 Å². The van der Waals surface area contributed by atoms with Crippen molar-refractivity contribution in [3.05, 3.63) is 58.4 Å². The predicted octanol–water partition coefficient (Wildman–Crippen LogP) is 4.80. The molecule has 1 amide bonds. The molecule has 7 heteroatoms. The van der Waals surface area contributed by atoms with E-state index in [1.54, 1.807) is 12.1 Å². The second kappa shape index (κ2) is 11.3. The van der Waals surface area contributed by atoms with Gasteiger partial charge in [-0.25, -0.2) is 4.39 Å². The number of carbonyl (C=O) groups is 1. The molecule has 0 saturated carbocycles. The molecule has 1 N–H and O–H groups in total. The van der Waals surface area contributed by atoms with Gasteiger partial charge in [-0.05, 0) is 69.6 Å². The summed E-state index contributed by atoms with van der Waals surface area (Å²) < 4.78 is 25.3. The molecule has 168 valence electrons. The summed E-state index contributed by atoms with van der Waals surface area (Å²) >= 11 is 5.82. The number of hydrogen-bond donors (Lipinski definition) is 1. The van der Waals surface area contributed by atoms with E-state index in [2.05, 4.69) is 10.2 Å². The minimum Gasteiger partial charge on any atom is -0.490 e. The number of carbonyl (C=O) groups excluding carboxylic acids is 1. The van der Waals surface area contributed by atoms with Crippen molar-refractivity contribution in [2.45, 2.75) is 39.8 Å². The van der Waals surface area contributed by atoms with Crippen molar-refractivity contribution in [3.63, 3.8) is 0 Å². The Labute approximate surface area is 188 Å². The Morgan fingerprint density at radius 3 is 2.48 bits per heavy atom. The number of nitrogens with zero attached hydrogens (tertiary/aromatic N) is 1. The zero-order valence-corrected chi connectivity index (χ0v) is 18.9. The van der Waals surface area contributed by atoms with Crippen LogP contribution in [-0.4, -0.2) is 37.1 Å². The summed E-state index contributed by atoms with van der Waals surface area (Å²) in [7, 11) is 0. The molecule has 5 nitrogen and oxygen atoms in total. The number of piperidine rings is 1. The van der Waals surface area contributed by atoms with Crippen LogP contribution < -0.4 is 14.8 Å². The van der Waals surface area contributed by atoms with Gasteiger partial charge in [0.1, 0.15) is 5.82 Å². The highest BCUT2D eigenvalue weighted by Gasteiger charge is 2.25. The van der Waals surface area contributed by atoms with Gasteiger partial charge in [0.15, 0.2) is 11.5 Å². The fourth-order valence-electron chi connectivity index (χ4n) is 3.78. The van der Waals surface area contributed by atoms with E-state index < -0.39 is 0 Å². The lowest BCUT2D eigenvalue weighted by Gasteiger charge is -2.31. The first kappa shape index (κ1) is 23.4. The van der Waals surface area contributed by atoms with Crippen LogP contribution in [0.4, 0.5) is 4.39 Å². The van der Waals surface area contributed by atoms with E-state index in [9.17, 15) is 9.18 Å². The first-order valence-corrected chi connectivity index (χ1v) is 11.2. The molecule has 1 fully saturated rings. The Kier molecular flexibility index (Phi) is 8.55. The lowest BCUT2D eigenvalue weighted by molar-refractivity contribution is -0.126. The first-order valence-electron chi connectivity index (χ1n) is 10.8. The van der Waals surface area contributed by atoms with Crippen LogP contribution in [0.2, 0.25) is 5.02 Å². The average molecular weight is 449 g/mol. The Bertz CT molecular complexity index is 885. The largest absolute Gasteiger partial charge is 0.490 e. The van der Waals surface area contributed by atoms with Gasteiger partial charge in [0.25, 0.3) is 0 Å². The van der Waals surface area contributed by atoms with Crippen molar-refractivity contribution >= 4 is 17.5 Å². The Morgan fingerprint density at radius 1 is 1.10 bits per heavy atom. The highest BCUT2D eigenvalue weighted by Crippen LogP contribution is 2.28. The fraction of sp³-hybridized carbons (Fsp3) is 0.458. The average Bonchev–Trinajstić information content (AvgIpc) is 2.76. The molecule has 0 atom stereocenters. The SMILES string of the molecule is CCOc1ccc(CNC(=O)C2CCN(Cc3ccc(Cl)cc3F)CC2)cc1OCC. The second-order valence-electron chi connectivity index (χ2n) is 7.65. The summed E-state index contributed by atoms with van der Waals surface area (Å²) in [5.74, 6) is 1.15. The van der Waals surface area contributed by atoms with E-state index >= 15 is 0 Å². The van der Waals surface area contributed by atoms with E-state index in [1.807, 2.05) is 32.0 Å². The summed E-state index contributed by atoms with van der Waals surface area (Å²) in [6.45, 7) is 7.48. The maximum Gasteiger partial charge on any atom is 0.223 e. The minimum atomic E-state index is -0.283. The van der Waals surface area contributed by atoms with Crippen molar-refractivity contribution in [3.8, 4) is 11.5 Å². The smallest absolute Gasteiger partial charge is 0.223 e. The lowest BCUT2D eigenvalue weighted by atomic mass is 9.95. The van der Waals surface area contributed by atoms with E-state index in [-0.39, 0.29) is 17.6 Å². The third-order valence-electron chi connectivity index (χ3n) is 5.44. The molecule has 1 saturated heterocycles. The van der Waals surface area contributed by atoms with Crippen LogP contribution in [0.1, 0.15) is 37.8 Å². The third kappa shape index (κ3) is 6.58. The van der Waals surface area contributed by atoms with Gasteiger partial charge in [-0.2, -0.15) is 0 Å². The topological polar surface area (TPSA) is 50.8 Å². The number of nitrogens with one attached hydrogen (secondary N) is 1. The van der Waals surface area contributed by atoms with Crippen molar-refractivity contribution in [1.82, 2.24) is 10.2 Å². The van der Waals surface area contributed by atoms with Crippen molar-refractivity contribution in [2.75, 3.05) is 26.3 Å². The van der Waals surface area contributed by atoms with Gasteiger partial charge in [-0.15, -0.1) is 0 Å². The zero-order chi connectivity index (χ0) is 22.2. The zero-order valence-electron chi connectivity index (χ0n) is 18.1. The van der Waals surface area contributed by atoms with Crippen molar-refractivity contribution < 1.29 is 18.7 Å². The quantitative estimate of drug-likeness (QED) is 0.598. The summed E-state index contributed by atoms with van der Waals surface area (Å²) in [5.41, 5.74) is 1.60. The van der Waals surface area contributed by atoms with Crippen molar-refractivity contribution in [2.24, 2.45) is 5.92 Å². The molecule has 2 aromatic rings. The monoisotopic (exact) mass is 448 g/mol. The predicted molar refractivity (Wildman–Crippen MR) is 120 cm³/mol. The second-order valence-corrected chi connectivity index (χ2v) is 8.09. The molecule has 1 aliphatic heterocycles. The molecule has 0 aromatic heterocycles. The summed E-state index contributed by atoms with van der Waals surface area (Å²) in [4.78, 5) is 14.8. The van der Waals surface area contributed by atoms with E-state index in [0.717, 1.165) is 31.5 Å². The number of rotatable bonds is 9. The number of amides is 1. The maximum absolute atomic E-state index is 14.0. The van der Waals surface area contributed by atoms with E-state index in [0.29, 0.717) is 48.4 Å². The summed E-state index contributed by atoms with van der Waals surface area (Å²) in [6.07, 6.45) is 1.52. The number of likely N-dealkylation sites (tertiary alicyclic amines) is 1. The van der Waals surface area contributed by atoms with Gasteiger partial charge >= 0.3 is 0 Å². The highest BCUT2D eigenvalue weighted by molar-refractivity contribution is 6.30. The highest BCUT2D eigenvalue weighted by atomic mass is 35.5. The van der Waals surface area contributed by atoms with Gasteiger partial charge in [0, 0.05) is 29.6 Å². The molecule has 3 rings (SSSR count). The number of ether oxygens (including phenoxy) is 2. The van der Waals surface area contributed by atoms with Crippen LogP contribution in [0.25, 0.3) is 0 Å². The number of hydrogen-bond acceptors (Lipinski definition) is 4. The molecule has 1 heterocycles. The Hall–Kier alpha value is -2.31. The lowest BCUT2D eigenvalue weighted by Crippen LogP contribution is -2.40. The molecule has 0 spiro atoms. The molecule has 0 aliphatic carbocycles. The molecular formula is C24H30ClFN2O3. The van der Waals surface area contributed by atoms with Crippen LogP contribution >= 0.6 is 11.6 Å². The van der Waals surface area contributed by atoms with Gasteiger partial charge in [0.05, 0.1) is 13.2 Å². The summed E-state index contributed by atoms with van der Waals surface area (Å²) in [5, 5.41) is 3.44. The molecule has 0 bridgehead atoms. The Balaban J connectivity index is 1.48. The summed E-state index contributed by atoms with van der Waals surface area (Å²) in [6, 6.07) is 10.5. The number of benzene rings is 2. The van der Waals surface area contributed by atoms with Crippen LogP contribution in [0.5, 0.6) is 11.5 Å². The first-order chi connectivity index (χ1) is 15.0. The standard InChI is InChI=1S/C24H30ClFN2O3/c1-3-30-22-8-5-17(13-23(22)31-4-2)15-27-24(29)18-9-11-28(12-10-18)16-19-6-7-20(25)14-21(19)26/h5-8,13-14,18H,3-4,9-12,15-16H2,1-2H3,(H,27,29). The van der Waals surface area contributed by atoms with Crippen LogP contribution in [0.3, 0.4) is 0 Å². The molecule has 0 unspecified atom stereocenters. The molecule has 0 radical (unpaired) electrons. The van der Waals surface area contributed by atoms with Gasteiger partial charge in [-0.1, -0.05) is 23.7 Å². The third-order valence-corrected chi connectivity index (χ3v) is 5.68. The number of halogens is 2. The molecule has 2 aromatic carbocycles. The Morgan fingerprint density at radius 2 is 1.81 bits per heavy atom. The molecule has 31 heavy (non-hydrogen) atoms. The van der Waals surface area contributed by atoms with Crippen LogP contribution in [0, 0.1) is 11.7 Å². The molecular weight excluding hydrogens is 419 g/mol. The maximum atomic E-state index is 14.0. The van der Waals surface area contributed by atoms with Crippen LogP contribution in [-0.2, 0) is 17.9 Å². The van der Waals surface area contributed by atoms with Gasteiger partial charge in [-0.3, -0.25) is 9.69 Å². The normalized spacial score (nSPS) is 15.0. The van der Waals surface area contributed by atoms with Crippen LogP contribution in [0.15, 0.2) is 36.4 Å². The van der Waals surface area contributed by atoms with E-state index in [1.165, 1.54) is 6.07 Å². The van der Waals surface area contributed by atoms with E-state index in [4.69, 9.17) is 21.1 Å².